The van der Waals surface area contributed by atoms with Crippen LogP contribution in [-0.4, -0.2) is 14.8 Å². The lowest BCUT2D eigenvalue weighted by Gasteiger charge is -2.08. The van der Waals surface area contributed by atoms with Crippen LogP contribution in [-0.2, 0) is 13.1 Å². The number of hydrogen-bond donors (Lipinski definition) is 1. The maximum absolute atomic E-state index is 14.0. The van der Waals surface area contributed by atoms with Gasteiger partial charge in [0, 0.05) is 42.8 Å². The molecule has 124 valence electrons. The van der Waals surface area contributed by atoms with Crippen LogP contribution in [0.1, 0.15) is 22.5 Å². The molecule has 2 aromatic heterocycles. The van der Waals surface area contributed by atoms with Crippen molar-refractivity contribution in [3.05, 3.63) is 76.9 Å². The van der Waals surface area contributed by atoms with E-state index in [0.29, 0.717) is 13.1 Å². The van der Waals surface area contributed by atoms with Crippen LogP contribution >= 0.6 is 0 Å². The standard InChI is InChI=1S/C18H18F2N4/c1-12-16(11-22-10-14-4-3-7-21-9-14)13(2)24(23-12)18-6-5-15(19)8-17(18)20/h3-9,22H,10-11H2,1-2H3. The number of halogens is 2. The van der Waals surface area contributed by atoms with Crippen molar-refractivity contribution in [3.8, 4) is 5.69 Å². The Balaban J connectivity index is 1.79. The van der Waals surface area contributed by atoms with E-state index in [4.69, 9.17) is 0 Å². The number of aryl methyl sites for hydroxylation is 1. The predicted molar refractivity (Wildman–Crippen MR) is 87.7 cm³/mol. The summed E-state index contributed by atoms with van der Waals surface area (Å²) in [4.78, 5) is 4.08. The molecule has 0 aliphatic rings. The average Bonchev–Trinajstić information content (AvgIpc) is 2.84. The monoisotopic (exact) mass is 328 g/mol. The van der Waals surface area contributed by atoms with Gasteiger partial charge in [-0.2, -0.15) is 5.10 Å². The van der Waals surface area contributed by atoms with Crippen LogP contribution in [0.2, 0.25) is 0 Å². The van der Waals surface area contributed by atoms with Gasteiger partial charge in [-0.3, -0.25) is 4.98 Å². The van der Waals surface area contributed by atoms with E-state index >= 15 is 0 Å². The van der Waals surface area contributed by atoms with Gasteiger partial charge in [0.15, 0.2) is 5.82 Å². The molecular formula is C18H18F2N4. The molecule has 0 bridgehead atoms. The van der Waals surface area contributed by atoms with Crippen LogP contribution in [0.3, 0.4) is 0 Å². The molecule has 0 spiro atoms. The SMILES string of the molecule is Cc1nn(-c2ccc(F)cc2F)c(C)c1CNCc1cccnc1. The van der Waals surface area contributed by atoms with Crippen molar-refractivity contribution in [2.75, 3.05) is 0 Å². The first kappa shape index (κ1) is 16.3. The predicted octanol–water partition coefficient (Wildman–Crippen LogP) is 3.45. The number of benzene rings is 1. The van der Waals surface area contributed by atoms with E-state index in [1.807, 2.05) is 32.2 Å². The minimum atomic E-state index is -0.629. The molecule has 0 amide bonds. The van der Waals surface area contributed by atoms with Crippen LogP contribution in [0.4, 0.5) is 8.78 Å². The van der Waals surface area contributed by atoms with E-state index in [9.17, 15) is 8.78 Å². The van der Waals surface area contributed by atoms with Crippen molar-refractivity contribution in [3.63, 3.8) is 0 Å². The number of nitrogens with zero attached hydrogens (tertiary/aromatic N) is 3. The van der Waals surface area contributed by atoms with E-state index in [0.717, 1.165) is 28.6 Å². The first-order valence-electron chi connectivity index (χ1n) is 7.66. The second kappa shape index (κ2) is 6.88. The Morgan fingerprint density at radius 3 is 2.67 bits per heavy atom. The van der Waals surface area contributed by atoms with E-state index in [1.54, 1.807) is 6.20 Å². The smallest absolute Gasteiger partial charge is 0.151 e. The molecular weight excluding hydrogens is 310 g/mol. The molecule has 4 nitrogen and oxygen atoms in total. The molecule has 3 aromatic rings. The Labute approximate surface area is 139 Å². The summed E-state index contributed by atoms with van der Waals surface area (Å²) in [5.74, 6) is -1.23. The molecule has 0 fully saturated rings. The van der Waals surface area contributed by atoms with Crippen LogP contribution in [0, 0.1) is 25.5 Å². The first-order chi connectivity index (χ1) is 11.6. The minimum absolute atomic E-state index is 0.246. The normalized spacial score (nSPS) is 11.0. The number of rotatable bonds is 5. The van der Waals surface area contributed by atoms with Gasteiger partial charge in [0.1, 0.15) is 11.5 Å². The molecule has 2 heterocycles. The molecule has 3 rings (SSSR count). The Kier molecular flexibility index (Phi) is 4.66. The molecule has 1 aromatic carbocycles. The fourth-order valence-corrected chi connectivity index (χ4v) is 2.65. The second-order valence-electron chi connectivity index (χ2n) is 5.62. The van der Waals surface area contributed by atoms with Crippen LogP contribution in [0.15, 0.2) is 42.7 Å². The highest BCUT2D eigenvalue weighted by atomic mass is 19.1. The Bertz CT molecular complexity index is 844. The summed E-state index contributed by atoms with van der Waals surface area (Å²) in [7, 11) is 0. The van der Waals surface area contributed by atoms with Gasteiger partial charge in [-0.15, -0.1) is 0 Å². The Morgan fingerprint density at radius 2 is 1.96 bits per heavy atom. The Hall–Kier alpha value is -2.60. The maximum Gasteiger partial charge on any atom is 0.151 e. The third-order valence-electron chi connectivity index (χ3n) is 3.93. The van der Waals surface area contributed by atoms with E-state index < -0.39 is 11.6 Å². The van der Waals surface area contributed by atoms with Gasteiger partial charge >= 0.3 is 0 Å². The van der Waals surface area contributed by atoms with E-state index in [2.05, 4.69) is 15.4 Å². The number of aromatic nitrogens is 3. The fraction of sp³-hybridized carbons (Fsp3) is 0.222. The fourth-order valence-electron chi connectivity index (χ4n) is 2.65. The molecule has 1 N–H and O–H groups in total. The molecule has 0 saturated heterocycles. The van der Waals surface area contributed by atoms with Gasteiger partial charge < -0.3 is 5.32 Å². The minimum Gasteiger partial charge on any atom is -0.308 e. The summed E-state index contributed by atoms with van der Waals surface area (Å²) in [5, 5.41) is 7.74. The second-order valence-corrected chi connectivity index (χ2v) is 5.62. The van der Waals surface area contributed by atoms with Crippen LogP contribution in [0.5, 0.6) is 0 Å². The largest absolute Gasteiger partial charge is 0.308 e. The van der Waals surface area contributed by atoms with Crippen LogP contribution < -0.4 is 5.32 Å². The van der Waals surface area contributed by atoms with Crippen molar-refractivity contribution in [1.82, 2.24) is 20.1 Å². The maximum atomic E-state index is 14.0. The highest BCUT2D eigenvalue weighted by Crippen LogP contribution is 2.20. The topological polar surface area (TPSA) is 42.7 Å². The van der Waals surface area contributed by atoms with Crippen molar-refractivity contribution in [2.45, 2.75) is 26.9 Å². The zero-order valence-corrected chi connectivity index (χ0v) is 13.6. The molecule has 6 heteroatoms. The molecule has 24 heavy (non-hydrogen) atoms. The summed E-state index contributed by atoms with van der Waals surface area (Å²) in [6.07, 6.45) is 3.54. The van der Waals surface area contributed by atoms with E-state index in [-0.39, 0.29) is 5.69 Å². The molecule has 0 radical (unpaired) electrons. The molecule has 0 aliphatic carbocycles. The lowest BCUT2D eigenvalue weighted by Crippen LogP contribution is -2.14. The zero-order chi connectivity index (χ0) is 17.1. The highest BCUT2D eigenvalue weighted by Gasteiger charge is 2.15. The van der Waals surface area contributed by atoms with Gasteiger partial charge in [-0.05, 0) is 37.6 Å². The van der Waals surface area contributed by atoms with Crippen molar-refractivity contribution in [1.29, 1.82) is 0 Å². The van der Waals surface area contributed by atoms with Crippen LogP contribution in [0.25, 0.3) is 5.69 Å². The first-order valence-corrected chi connectivity index (χ1v) is 7.66. The van der Waals surface area contributed by atoms with Gasteiger partial charge in [0.2, 0.25) is 0 Å². The summed E-state index contributed by atoms with van der Waals surface area (Å²) < 4.78 is 28.6. The molecule has 0 saturated carbocycles. The summed E-state index contributed by atoms with van der Waals surface area (Å²) >= 11 is 0. The number of nitrogens with one attached hydrogen (secondary N) is 1. The molecule has 0 atom stereocenters. The number of hydrogen-bond acceptors (Lipinski definition) is 3. The van der Waals surface area contributed by atoms with Gasteiger partial charge in [0.05, 0.1) is 5.69 Å². The van der Waals surface area contributed by atoms with Gasteiger partial charge in [0.25, 0.3) is 0 Å². The third kappa shape index (κ3) is 3.33. The Morgan fingerprint density at radius 1 is 1.12 bits per heavy atom. The summed E-state index contributed by atoms with van der Waals surface area (Å²) in [6.45, 7) is 5.05. The quantitative estimate of drug-likeness (QED) is 0.780. The van der Waals surface area contributed by atoms with Crippen molar-refractivity contribution >= 4 is 0 Å². The number of pyridine rings is 1. The summed E-state index contributed by atoms with van der Waals surface area (Å²) in [6, 6.07) is 7.39. The van der Waals surface area contributed by atoms with Gasteiger partial charge in [-0.25, -0.2) is 13.5 Å². The lowest BCUT2D eigenvalue weighted by molar-refractivity contribution is 0.572. The molecule has 0 aliphatic heterocycles. The third-order valence-corrected chi connectivity index (χ3v) is 3.93. The molecule has 0 unspecified atom stereocenters. The van der Waals surface area contributed by atoms with Gasteiger partial charge in [-0.1, -0.05) is 6.07 Å². The average molecular weight is 328 g/mol. The zero-order valence-electron chi connectivity index (χ0n) is 13.6. The van der Waals surface area contributed by atoms with Crippen molar-refractivity contribution in [2.24, 2.45) is 0 Å². The summed E-state index contributed by atoms with van der Waals surface area (Å²) in [5.41, 5.74) is 3.98. The lowest BCUT2D eigenvalue weighted by atomic mass is 10.2. The van der Waals surface area contributed by atoms with Crippen molar-refractivity contribution < 1.29 is 8.78 Å². The van der Waals surface area contributed by atoms with E-state index in [1.165, 1.54) is 16.8 Å². The highest BCUT2D eigenvalue weighted by molar-refractivity contribution is 5.38.